The predicted molar refractivity (Wildman–Crippen MR) is 101 cm³/mol. The molecule has 28 heavy (non-hydrogen) atoms. The summed E-state index contributed by atoms with van der Waals surface area (Å²) in [6, 6.07) is 6.80. The third-order valence-corrected chi connectivity index (χ3v) is 5.07. The molecule has 1 aromatic carbocycles. The van der Waals surface area contributed by atoms with Gasteiger partial charge in [0, 0.05) is 12.7 Å². The number of allylic oxidation sites excluding steroid dienone is 2. The van der Waals surface area contributed by atoms with E-state index in [4.69, 9.17) is 4.74 Å². The number of rotatable bonds is 6. The van der Waals surface area contributed by atoms with E-state index in [9.17, 15) is 19.2 Å². The Morgan fingerprint density at radius 1 is 1.11 bits per heavy atom. The number of carbonyl (C=O) groups is 4. The summed E-state index contributed by atoms with van der Waals surface area (Å²) in [5.74, 6) is -1.51. The van der Waals surface area contributed by atoms with E-state index in [1.165, 1.54) is 11.9 Å². The summed E-state index contributed by atoms with van der Waals surface area (Å²) < 4.78 is 5.06. The van der Waals surface area contributed by atoms with Crippen molar-refractivity contribution < 1.29 is 23.9 Å². The predicted octanol–water partition coefficient (Wildman–Crippen LogP) is 1.04. The highest BCUT2D eigenvalue weighted by Gasteiger charge is 2.47. The lowest BCUT2D eigenvalue weighted by molar-refractivity contribution is -0.146. The van der Waals surface area contributed by atoms with E-state index in [1.807, 2.05) is 12.2 Å². The number of anilines is 1. The Kier molecular flexibility index (Phi) is 5.77. The van der Waals surface area contributed by atoms with Gasteiger partial charge in [-0.1, -0.05) is 12.2 Å². The molecule has 1 aliphatic carbocycles. The van der Waals surface area contributed by atoms with Crippen molar-refractivity contribution in [3.8, 4) is 5.75 Å². The number of nitrogens with one attached hydrogen (secondary N) is 1. The number of hydrogen-bond donors (Lipinski definition) is 1. The van der Waals surface area contributed by atoms with Crippen LogP contribution in [0, 0.1) is 11.8 Å². The average Bonchev–Trinajstić information content (AvgIpc) is 2.93. The highest BCUT2D eigenvalue weighted by molar-refractivity contribution is 6.07. The van der Waals surface area contributed by atoms with Crippen molar-refractivity contribution in [2.24, 2.45) is 11.8 Å². The normalized spacial score (nSPS) is 20.7. The van der Waals surface area contributed by atoms with Crippen molar-refractivity contribution in [3.63, 3.8) is 0 Å². The van der Waals surface area contributed by atoms with Gasteiger partial charge in [0.05, 0.1) is 25.5 Å². The van der Waals surface area contributed by atoms with Crippen LogP contribution in [0.1, 0.15) is 12.8 Å². The summed E-state index contributed by atoms with van der Waals surface area (Å²) in [4.78, 5) is 51.7. The summed E-state index contributed by atoms with van der Waals surface area (Å²) in [7, 11) is 3.02. The second kappa shape index (κ2) is 8.24. The van der Waals surface area contributed by atoms with E-state index >= 15 is 0 Å². The minimum atomic E-state index is -0.460. The Morgan fingerprint density at radius 3 is 2.21 bits per heavy atom. The van der Waals surface area contributed by atoms with Crippen molar-refractivity contribution in [1.29, 1.82) is 0 Å². The van der Waals surface area contributed by atoms with E-state index in [0.29, 0.717) is 24.3 Å². The van der Waals surface area contributed by atoms with Crippen molar-refractivity contribution >= 4 is 29.3 Å². The van der Waals surface area contributed by atoms with Gasteiger partial charge in [-0.3, -0.25) is 24.1 Å². The van der Waals surface area contributed by atoms with Crippen LogP contribution >= 0.6 is 0 Å². The standard InChI is InChI=1S/C20H23N3O5/c1-22(11-17(24)21-13-7-9-14(28-2)10-8-13)18(25)12-23-19(26)15-5-3-4-6-16(15)20(23)27/h3-4,7-10,15-16H,5-6,11-12H2,1-2H3,(H,21,24)/t15-,16-/m0/s1. The molecule has 148 valence electrons. The van der Waals surface area contributed by atoms with Crippen molar-refractivity contribution in [2.75, 3.05) is 32.6 Å². The fourth-order valence-electron chi connectivity index (χ4n) is 3.46. The van der Waals surface area contributed by atoms with Crippen LogP contribution < -0.4 is 10.1 Å². The molecule has 0 aromatic heterocycles. The highest BCUT2D eigenvalue weighted by Crippen LogP contribution is 2.34. The van der Waals surface area contributed by atoms with Crippen molar-refractivity contribution in [2.45, 2.75) is 12.8 Å². The molecule has 2 atom stereocenters. The Hall–Kier alpha value is -3.16. The first kappa shape index (κ1) is 19.6. The second-order valence-electron chi connectivity index (χ2n) is 6.94. The molecular weight excluding hydrogens is 362 g/mol. The van der Waals surface area contributed by atoms with Crippen LogP contribution in [0.3, 0.4) is 0 Å². The number of likely N-dealkylation sites (N-methyl/N-ethyl adjacent to an activating group) is 1. The minimum Gasteiger partial charge on any atom is -0.497 e. The molecule has 1 aromatic rings. The maximum absolute atomic E-state index is 12.4. The summed E-state index contributed by atoms with van der Waals surface area (Å²) >= 11 is 0. The molecule has 0 unspecified atom stereocenters. The Bertz CT molecular complexity index is 792. The number of hydrogen-bond acceptors (Lipinski definition) is 5. The van der Waals surface area contributed by atoms with Gasteiger partial charge < -0.3 is 15.0 Å². The molecule has 1 aliphatic heterocycles. The lowest BCUT2D eigenvalue weighted by atomic mass is 9.85. The zero-order valence-electron chi connectivity index (χ0n) is 15.9. The summed E-state index contributed by atoms with van der Waals surface area (Å²) in [5.41, 5.74) is 0.577. The van der Waals surface area contributed by atoms with Crippen molar-refractivity contribution in [1.82, 2.24) is 9.80 Å². The van der Waals surface area contributed by atoms with E-state index in [-0.39, 0.29) is 42.6 Å². The number of amides is 4. The summed E-state index contributed by atoms with van der Waals surface area (Å²) in [6.45, 7) is -0.521. The molecule has 0 saturated carbocycles. The van der Waals surface area contributed by atoms with Crippen LogP contribution in [0.25, 0.3) is 0 Å². The van der Waals surface area contributed by atoms with Gasteiger partial charge in [-0.05, 0) is 37.1 Å². The van der Waals surface area contributed by atoms with Gasteiger partial charge in [0.1, 0.15) is 12.3 Å². The Morgan fingerprint density at radius 2 is 1.68 bits per heavy atom. The SMILES string of the molecule is COc1ccc(NC(=O)CN(C)C(=O)CN2C(=O)[C@H]3CC=CC[C@@H]3C2=O)cc1. The smallest absolute Gasteiger partial charge is 0.243 e. The molecule has 2 aliphatic rings. The first-order valence-electron chi connectivity index (χ1n) is 9.08. The molecular formula is C20H23N3O5. The van der Waals surface area contributed by atoms with E-state index < -0.39 is 5.91 Å². The molecule has 0 radical (unpaired) electrons. The van der Waals surface area contributed by atoms with E-state index in [1.54, 1.807) is 31.4 Å². The molecule has 0 spiro atoms. The second-order valence-corrected chi connectivity index (χ2v) is 6.94. The quantitative estimate of drug-likeness (QED) is 0.583. The molecule has 1 saturated heterocycles. The third kappa shape index (κ3) is 4.05. The van der Waals surface area contributed by atoms with Crippen molar-refractivity contribution in [3.05, 3.63) is 36.4 Å². The van der Waals surface area contributed by atoms with Gasteiger partial charge in [-0.25, -0.2) is 0 Å². The number of fused-ring (bicyclic) bond motifs is 1. The Balaban J connectivity index is 1.53. The molecule has 4 amide bonds. The van der Waals surface area contributed by atoms with Gasteiger partial charge in [-0.2, -0.15) is 0 Å². The molecule has 0 bridgehead atoms. The lowest BCUT2D eigenvalue weighted by Gasteiger charge is -2.20. The molecule has 1 N–H and O–H groups in total. The van der Waals surface area contributed by atoms with Gasteiger partial charge in [-0.15, -0.1) is 0 Å². The van der Waals surface area contributed by atoms with Crippen LogP contribution in [0.4, 0.5) is 5.69 Å². The number of benzene rings is 1. The number of imide groups is 1. The monoisotopic (exact) mass is 385 g/mol. The molecule has 1 fully saturated rings. The number of likely N-dealkylation sites (tertiary alicyclic amines) is 1. The Labute approximate surface area is 163 Å². The number of nitrogens with zero attached hydrogens (tertiary/aromatic N) is 2. The molecule has 1 heterocycles. The van der Waals surface area contributed by atoms with Gasteiger partial charge in [0.25, 0.3) is 0 Å². The van der Waals surface area contributed by atoms with Gasteiger partial charge >= 0.3 is 0 Å². The van der Waals surface area contributed by atoms with Crippen LogP contribution in [0.5, 0.6) is 5.75 Å². The topological polar surface area (TPSA) is 96.0 Å². The lowest BCUT2D eigenvalue weighted by Crippen LogP contribution is -2.44. The maximum atomic E-state index is 12.4. The van der Waals surface area contributed by atoms with E-state index in [0.717, 1.165) is 4.90 Å². The largest absolute Gasteiger partial charge is 0.497 e. The first-order chi connectivity index (χ1) is 13.4. The minimum absolute atomic E-state index is 0.185. The molecule has 8 heteroatoms. The molecule has 8 nitrogen and oxygen atoms in total. The van der Waals surface area contributed by atoms with Gasteiger partial charge in [0.2, 0.25) is 23.6 Å². The van der Waals surface area contributed by atoms with Crippen LogP contribution in [0.15, 0.2) is 36.4 Å². The highest BCUT2D eigenvalue weighted by atomic mass is 16.5. The van der Waals surface area contributed by atoms with Crippen LogP contribution in [-0.2, 0) is 19.2 Å². The number of carbonyl (C=O) groups excluding carboxylic acids is 4. The zero-order chi connectivity index (χ0) is 20.3. The summed E-state index contributed by atoms with van der Waals surface area (Å²) in [5, 5.41) is 2.69. The molecule has 3 rings (SSSR count). The maximum Gasteiger partial charge on any atom is 0.243 e. The average molecular weight is 385 g/mol. The fourth-order valence-corrected chi connectivity index (χ4v) is 3.46. The number of methoxy groups -OCH3 is 1. The zero-order valence-corrected chi connectivity index (χ0v) is 15.9. The first-order valence-corrected chi connectivity index (χ1v) is 9.08. The van der Waals surface area contributed by atoms with E-state index in [2.05, 4.69) is 5.32 Å². The summed E-state index contributed by atoms with van der Waals surface area (Å²) in [6.07, 6.45) is 4.85. The van der Waals surface area contributed by atoms with Crippen LogP contribution in [-0.4, -0.2) is 60.7 Å². The number of ether oxygens (including phenoxy) is 1. The fraction of sp³-hybridized carbons (Fsp3) is 0.400. The van der Waals surface area contributed by atoms with Gasteiger partial charge in [0.15, 0.2) is 0 Å². The van der Waals surface area contributed by atoms with Crippen LogP contribution in [0.2, 0.25) is 0 Å². The third-order valence-electron chi connectivity index (χ3n) is 5.07.